The fourth-order valence-electron chi connectivity index (χ4n) is 2.48. The molecule has 0 saturated heterocycles. The Kier molecular flexibility index (Phi) is 5.56. The second-order valence-electron chi connectivity index (χ2n) is 5.55. The molecular formula is C19H21NO4. The first-order valence-corrected chi connectivity index (χ1v) is 8.14. The molecule has 3 rings (SSSR count). The Morgan fingerprint density at radius 3 is 2.79 bits per heavy atom. The van der Waals surface area contributed by atoms with Gasteiger partial charge in [-0.2, -0.15) is 0 Å². The van der Waals surface area contributed by atoms with E-state index >= 15 is 0 Å². The highest BCUT2D eigenvalue weighted by Gasteiger charge is 2.12. The molecule has 1 aliphatic rings. The van der Waals surface area contributed by atoms with Gasteiger partial charge in [-0.1, -0.05) is 24.3 Å². The summed E-state index contributed by atoms with van der Waals surface area (Å²) < 4.78 is 16.2. The number of para-hydroxylation sites is 1. The molecule has 0 aromatic heterocycles. The summed E-state index contributed by atoms with van der Waals surface area (Å²) >= 11 is 0. The summed E-state index contributed by atoms with van der Waals surface area (Å²) in [7, 11) is 0. The zero-order valence-corrected chi connectivity index (χ0v) is 13.5. The summed E-state index contributed by atoms with van der Waals surface area (Å²) in [6.07, 6.45) is 2.13. The van der Waals surface area contributed by atoms with Crippen LogP contribution in [0.5, 0.6) is 17.2 Å². The number of carbonyl (C=O) groups excluding carboxylic acids is 1. The second-order valence-corrected chi connectivity index (χ2v) is 5.55. The summed E-state index contributed by atoms with van der Waals surface area (Å²) in [5.41, 5.74) is 1.18. The molecule has 0 bridgehead atoms. The molecule has 5 heteroatoms. The van der Waals surface area contributed by atoms with E-state index in [1.165, 1.54) is 5.56 Å². The number of benzene rings is 2. The molecule has 2 aromatic rings. The molecule has 1 aliphatic heterocycles. The zero-order valence-electron chi connectivity index (χ0n) is 13.5. The number of rotatable bonds is 8. The molecule has 126 valence electrons. The van der Waals surface area contributed by atoms with Crippen LogP contribution in [-0.4, -0.2) is 25.9 Å². The normalized spacial score (nSPS) is 12.0. The number of hydrogen-bond acceptors (Lipinski definition) is 4. The Labute approximate surface area is 141 Å². The van der Waals surface area contributed by atoms with E-state index in [2.05, 4.69) is 5.32 Å². The van der Waals surface area contributed by atoms with Gasteiger partial charge in [-0.05, 0) is 42.7 Å². The smallest absolute Gasteiger partial charge is 0.231 e. The first-order chi connectivity index (χ1) is 11.8. The van der Waals surface area contributed by atoms with Crippen LogP contribution in [0.1, 0.15) is 18.4 Å². The zero-order chi connectivity index (χ0) is 16.6. The van der Waals surface area contributed by atoms with Gasteiger partial charge in [0, 0.05) is 6.54 Å². The summed E-state index contributed by atoms with van der Waals surface area (Å²) in [6.45, 7) is 1.33. The lowest BCUT2D eigenvalue weighted by Gasteiger charge is -2.07. The van der Waals surface area contributed by atoms with E-state index in [4.69, 9.17) is 14.2 Å². The molecule has 0 saturated carbocycles. The molecular weight excluding hydrogens is 306 g/mol. The average Bonchev–Trinajstić information content (AvgIpc) is 3.07. The average molecular weight is 327 g/mol. The lowest BCUT2D eigenvalue weighted by Crippen LogP contribution is -2.26. The Balaban J connectivity index is 1.29. The quantitative estimate of drug-likeness (QED) is 0.758. The van der Waals surface area contributed by atoms with Gasteiger partial charge >= 0.3 is 0 Å². The van der Waals surface area contributed by atoms with Gasteiger partial charge in [0.05, 0.1) is 13.0 Å². The van der Waals surface area contributed by atoms with Gasteiger partial charge in [0.25, 0.3) is 0 Å². The predicted molar refractivity (Wildman–Crippen MR) is 90.4 cm³/mol. The highest BCUT2D eigenvalue weighted by Crippen LogP contribution is 2.32. The monoisotopic (exact) mass is 327 g/mol. The van der Waals surface area contributed by atoms with Crippen LogP contribution < -0.4 is 19.5 Å². The van der Waals surface area contributed by atoms with Crippen LogP contribution in [0.4, 0.5) is 0 Å². The minimum absolute atomic E-state index is 0.0108. The molecule has 1 heterocycles. The standard InChI is InChI=1S/C19H21NO4/c21-19(10-12-22-16-6-2-1-3-7-16)20-11-4-5-15-8-9-17-18(13-15)24-14-23-17/h1-3,6-9,13H,4-5,10-12,14H2,(H,20,21). The number of hydrogen-bond donors (Lipinski definition) is 1. The molecule has 0 spiro atoms. The maximum absolute atomic E-state index is 11.8. The van der Waals surface area contributed by atoms with Gasteiger partial charge in [0.2, 0.25) is 12.7 Å². The van der Waals surface area contributed by atoms with Crippen LogP contribution in [0.3, 0.4) is 0 Å². The van der Waals surface area contributed by atoms with Gasteiger partial charge in [-0.3, -0.25) is 4.79 Å². The topological polar surface area (TPSA) is 56.8 Å². The lowest BCUT2D eigenvalue weighted by atomic mass is 10.1. The summed E-state index contributed by atoms with van der Waals surface area (Å²) in [5.74, 6) is 2.39. The van der Waals surface area contributed by atoms with Crippen molar-refractivity contribution < 1.29 is 19.0 Å². The van der Waals surface area contributed by atoms with Crippen LogP contribution in [0.25, 0.3) is 0 Å². The Morgan fingerprint density at radius 1 is 1.08 bits per heavy atom. The van der Waals surface area contributed by atoms with Crippen molar-refractivity contribution in [2.24, 2.45) is 0 Å². The number of nitrogens with one attached hydrogen (secondary N) is 1. The molecule has 5 nitrogen and oxygen atoms in total. The van der Waals surface area contributed by atoms with Crippen molar-refractivity contribution >= 4 is 5.91 Å². The SMILES string of the molecule is O=C(CCOc1ccccc1)NCCCc1ccc2c(c1)OCO2. The second kappa shape index (κ2) is 8.24. The summed E-state index contributed by atoms with van der Waals surface area (Å²) in [6, 6.07) is 15.5. The first-order valence-electron chi connectivity index (χ1n) is 8.14. The van der Waals surface area contributed by atoms with Crippen LogP contribution in [0.2, 0.25) is 0 Å². The van der Waals surface area contributed by atoms with Crippen LogP contribution >= 0.6 is 0 Å². The predicted octanol–water partition coefficient (Wildman–Crippen LogP) is 2.93. The largest absolute Gasteiger partial charge is 0.493 e. The van der Waals surface area contributed by atoms with Crippen molar-refractivity contribution in [1.82, 2.24) is 5.32 Å². The van der Waals surface area contributed by atoms with Crippen molar-refractivity contribution in [3.05, 3.63) is 54.1 Å². The molecule has 0 aliphatic carbocycles. The minimum Gasteiger partial charge on any atom is -0.493 e. The Hall–Kier alpha value is -2.69. The number of amides is 1. The van der Waals surface area contributed by atoms with E-state index in [1.807, 2.05) is 48.5 Å². The van der Waals surface area contributed by atoms with Crippen molar-refractivity contribution in [3.63, 3.8) is 0 Å². The molecule has 2 aromatic carbocycles. The van der Waals surface area contributed by atoms with E-state index < -0.39 is 0 Å². The summed E-state index contributed by atoms with van der Waals surface area (Å²) in [4.78, 5) is 11.8. The van der Waals surface area contributed by atoms with Gasteiger partial charge < -0.3 is 19.5 Å². The van der Waals surface area contributed by atoms with E-state index in [9.17, 15) is 4.79 Å². The third-order valence-electron chi connectivity index (χ3n) is 3.74. The first kappa shape index (κ1) is 16.2. The molecule has 0 unspecified atom stereocenters. The van der Waals surface area contributed by atoms with E-state index in [-0.39, 0.29) is 5.91 Å². The van der Waals surface area contributed by atoms with Gasteiger partial charge in [0.15, 0.2) is 11.5 Å². The molecule has 1 amide bonds. The van der Waals surface area contributed by atoms with Crippen LogP contribution in [-0.2, 0) is 11.2 Å². The van der Waals surface area contributed by atoms with E-state index in [0.29, 0.717) is 26.4 Å². The van der Waals surface area contributed by atoms with E-state index in [1.54, 1.807) is 0 Å². The maximum atomic E-state index is 11.8. The number of carbonyl (C=O) groups is 1. The Bertz CT molecular complexity index is 672. The van der Waals surface area contributed by atoms with Crippen molar-refractivity contribution in [1.29, 1.82) is 0 Å². The molecule has 1 N–H and O–H groups in total. The maximum Gasteiger partial charge on any atom is 0.231 e. The van der Waals surface area contributed by atoms with Crippen LogP contribution in [0, 0.1) is 0 Å². The third kappa shape index (κ3) is 4.65. The van der Waals surface area contributed by atoms with Crippen molar-refractivity contribution in [2.75, 3.05) is 19.9 Å². The number of fused-ring (bicyclic) bond motifs is 1. The number of aryl methyl sites for hydroxylation is 1. The van der Waals surface area contributed by atoms with E-state index in [0.717, 1.165) is 30.1 Å². The van der Waals surface area contributed by atoms with Gasteiger partial charge in [0.1, 0.15) is 5.75 Å². The van der Waals surface area contributed by atoms with Gasteiger partial charge in [-0.25, -0.2) is 0 Å². The molecule has 0 atom stereocenters. The van der Waals surface area contributed by atoms with Gasteiger partial charge in [-0.15, -0.1) is 0 Å². The van der Waals surface area contributed by atoms with Crippen LogP contribution in [0.15, 0.2) is 48.5 Å². The van der Waals surface area contributed by atoms with Crippen molar-refractivity contribution in [3.8, 4) is 17.2 Å². The Morgan fingerprint density at radius 2 is 1.92 bits per heavy atom. The minimum atomic E-state index is 0.0108. The molecule has 24 heavy (non-hydrogen) atoms. The number of ether oxygens (including phenoxy) is 3. The summed E-state index contributed by atoms with van der Waals surface area (Å²) in [5, 5.41) is 2.92. The highest BCUT2D eigenvalue weighted by molar-refractivity contribution is 5.75. The molecule has 0 fully saturated rings. The lowest BCUT2D eigenvalue weighted by molar-refractivity contribution is -0.121. The third-order valence-corrected chi connectivity index (χ3v) is 3.74. The fourth-order valence-corrected chi connectivity index (χ4v) is 2.48. The highest BCUT2D eigenvalue weighted by atomic mass is 16.7. The fraction of sp³-hybridized carbons (Fsp3) is 0.316. The molecule has 0 radical (unpaired) electrons. The van der Waals surface area contributed by atoms with Crippen molar-refractivity contribution in [2.45, 2.75) is 19.3 Å².